The molecule has 4 amide bonds. The number of benzene rings is 7. The van der Waals surface area contributed by atoms with E-state index in [2.05, 4.69) is 10.9 Å². The quantitative estimate of drug-likeness (QED) is 0.0800. The molecule has 7 aromatic rings. The molecule has 2 aliphatic heterocycles. The van der Waals surface area contributed by atoms with Gasteiger partial charge in [0, 0.05) is 32.8 Å². The van der Waals surface area contributed by atoms with E-state index in [-0.39, 0.29) is 22.4 Å². The Hall–Kier alpha value is -6.90. The Labute approximate surface area is 298 Å². The smallest absolute Gasteiger partial charge is 0.262 e. The molecule has 0 radical (unpaired) electrons. The molecule has 8 nitrogen and oxygen atoms in total. The molecule has 7 aromatic carbocycles. The molecule has 2 atom stereocenters. The topological polar surface area (TPSA) is 103 Å². The number of imide groups is 2. The van der Waals surface area contributed by atoms with Gasteiger partial charge in [0.05, 0.1) is 35.9 Å². The van der Waals surface area contributed by atoms with Gasteiger partial charge in [-0.1, -0.05) is 71.8 Å². The molecule has 2 aliphatic rings. The van der Waals surface area contributed by atoms with Crippen LogP contribution in [-0.4, -0.2) is 33.4 Å². The number of hydrogen-bond donors (Lipinski definition) is 0. The lowest BCUT2D eigenvalue weighted by atomic mass is 9.80. The normalized spacial score (nSPS) is 15.2. The summed E-state index contributed by atoms with van der Waals surface area (Å²) in [5.41, 5.74) is 5.23. The monoisotopic (exact) mass is 676 g/mol. The zero-order valence-electron chi connectivity index (χ0n) is 28.7. The Morgan fingerprint density at radius 1 is 0.558 bits per heavy atom. The van der Waals surface area contributed by atoms with Crippen molar-refractivity contribution in [1.82, 2.24) is 9.80 Å². The molecule has 2 heterocycles. The SMILES string of the molecule is [C-]#[N+]c1cc2c3c(ccc4c5c(C#N)cc6c7c(ccc(c1c34)c75)C(=O)N(C(C)c1ccc(C)cc1)C6=O)C(=O)N(C(C)c1ccc(C)cc1)C2=O. The molecule has 0 saturated carbocycles. The molecule has 9 rings (SSSR count). The number of rotatable bonds is 4. The van der Waals surface area contributed by atoms with Crippen LogP contribution in [0.15, 0.2) is 84.9 Å². The van der Waals surface area contributed by atoms with Crippen molar-refractivity contribution < 1.29 is 19.2 Å². The number of aryl methyl sites for hydroxylation is 2. The second-order valence-corrected chi connectivity index (χ2v) is 13.8. The number of carbonyl (C=O) groups is 4. The second-order valence-electron chi connectivity index (χ2n) is 13.8. The van der Waals surface area contributed by atoms with Crippen LogP contribution in [0, 0.1) is 31.8 Å². The first-order valence-electron chi connectivity index (χ1n) is 17.0. The molecule has 0 saturated heterocycles. The van der Waals surface area contributed by atoms with Crippen LogP contribution in [0.25, 0.3) is 47.9 Å². The highest BCUT2D eigenvalue weighted by molar-refractivity contribution is 6.43. The summed E-state index contributed by atoms with van der Waals surface area (Å²) in [6, 6.07) is 26.5. The van der Waals surface area contributed by atoms with Crippen molar-refractivity contribution in [3.8, 4) is 6.07 Å². The van der Waals surface area contributed by atoms with E-state index < -0.39 is 35.7 Å². The summed E-state index contributed by atoms with van der Waals surface area (Å²) in [5.74, 6) is -1.91. The number of hydrogen-bond acceptors (Lipinski definition) is 5. The summed E-state index contributed by atoms with van der Waals surface area (Å²) in [7, 11) is 0. The molecule has 52 heavy (non-hydrogen) atoms. The third-order valence-electron chi connectivity index (χ3n) is 11.0. The van der Waals surface area contributed by atoms with Crippen LogP contribution in [0.3, 0.4) is 0 Å². The van der Waals surface area contributed by atoms with Gasteiger partial charge in [-0.25, -0.2) is 4.85 Å². The summed E-state index contributed by atoms with van der Waals surface area (Å²) in [6.45, 7) is 15.8. The molecule has 0 fully saturated rings. The Bertz CT molecular complexity index is 2690. The molecule has 0 spiro atoms. The first-order valence-corrected chi connectivity index (χ1v) is 17.0. The summed E-state index contributed by atoms with van der Waals surface area (Å²) in [5, 5.41) is 14.6. The van der Waals surface area contributed by atoms with E-state index in [9.17, 15) is 24.4 Å². The highest BCUT2D eigenvalue weighted by Crippen LogP contribution is 2.51. The van der Waals surface area contributed by atoms with Crippen molar-refractivity contribution in [2.45, 2.75) is 39.8 Å². The summed E-state index contributed by atoms with van der Waals surface area (Å²) < 4.78 is 0. The summed E-state index contributed by atoms with van der Waals surface area (Å²) in [6.07, 6.45) is 0. The Morgan fingerprint density at radius 3 is 1.44 bits per heavy atom. The van der Waals surface area contributed by atoms with Crippen LogP contribution in [0.1, 0.15) is 95.2 Å². The van der Waals surface area contributed by atoms with Crippen molar-refractivity contribution in [2.75, 3.05) is 0 Å². The van der Waals surface area contributed by atoms with Crippen molar-refractivity contribution in [1.29, 1.82) is 5.26 Å². The number of amides is 4. The molecule has 248 valence electrons. The maximum Gasteiger partial charge on any atom is 0.262 e. The molecule has 0 aliphatic carbocycles. The highest BCUT2D eigenvalue weighted by Gasteiger charge is 2.41. The van der Waals surface area contributed by atoms with E-state index in [1.807, 2.05) is 76.2 Å². The molecule has 0 N–H and O–H groups in total. The average molecular weight is 677 g/mol. The third-order valence-corrected chi connectivity index (χ3v) is 11.0. The number of nitrogens with zero attached hydrogens (tertiary/aromatic N) is 4. The standard InChI is InChI=1S/C44H28N4O4/c1-21-6-10-25(11-7-21)23(3)47-41(49)30-17-15-29-38-34(46-5)19-33-37-31(42(50)48(44(33)52)24(4)26-12-8-22(2)9-13-26)16-14-28(40(37)38)35-27(20-45)18-32(43(47)51)36(30)39(29)35/h6-19,23-24H,1-4H3. The van der Waals surface area contributed by atoms with Gasteiger partial charge >= 0.3 is 0 Å². The number of carbonyl (C=O) groups excluding carboxylic acids is 4. The fourth-order valence-corrected chi connectivity index (χ4v) is 8.35. The number of nitriles is 1. The largest absolute Gasteiger partial charge is 0.269 e. The summed E-state index contributed by atoms with van der Waals surface area (Å²) >= 11 is 0. The molecular formula is C44H28N4O4. The fourth-order valence-electron chi connectivity index (χ4n) is 8.35. The van der Waals surface area contributed by atoms with Crippen LogP contribution in [0.2, 0.25) is 0 Å². The Kier molecular flexibility index (Phi) is 6.46. The Balaban J connectivity index is 1.32. The first kappa shape index (κ1) is 31.1. The van der Waals surface area contributed by atoms with Crippen LogP contribution < -0.4 is 0 Å². The summed E-state index contributed by atoms with van der Waals surface area (Å²) in [4.78, 5) is 63.6. The van der Waals surface area contributed by atoms with Crippen LogP contribution in [0.4, 0.5) is 5.69 Å². The van der Waals surface area contributed by atoms with Crippen molar-refractivity contribution >= 4 is 72.4 Å². The van der Waals surface area contributed by atoms with Gasteiger partial charge in [-0.05, 0) is 90.0 Å². The minimum atomic E-state index is -0.574. The van der Waals surface area contributed by atoms with Gasteiger partial charge in [-0.2, -0.15) is 5.26 Å². The van der Waals surface area contributed by atoms with E-state index >= 15 is 0 Å². The van der Waals surface area contributed by atoms with E-state index in [0.717, 1.165) is 22.3 Å². The lowest BCUT2D eigenvalue weighted by Crippen LogP contribution is -2.42. The first-order chi connectivity index (χ1) is 25.0. The number of fused-ring (bicyclic) bond motifs is 2. The van der Waals surface area contributed by atoms with E-state index in [1.165, 1.54) is 9.80 Å². The predicted molar refractivity (Wildman–Crippen MR) is 199 cm³/mol. The van der Waals surface area contributed by atoms with Gasteiger partial charge in [0.2, 0.25) is 0 Å². The van der Waals surface area contributed by atoms with Crippen LogP contribution >= 0.6 is 0 Å². The molecular weight excluding hydrogens is 649 g/mol. The van der Waals surface area contributed by atoms with Crippen molar-refractivity contribution in [3.63, 3.8) is 0 Å². The minimum absolute atomic E-state index is 0.194. The van der Waals surface area contributed by atoms with Gasteiger partial charge in [0.15, 0.2) is 5.69 Å². The van der Waals surface area contributed by atoms with Crippen LogP contribution in [0.5, 0.6) is 0 Å². The lowest BCUT2D eigenvalue weighted by Gasteiger charge is -2.34. The minimum Gasteiger partial charge on any atom is -0.269 e. The van der Waals surface area contributed by atoms with Gasteiger partial charge in [0.25, 0.3) is 23.6 Å². The maximum absolute atomic E-state index is 14.3. The predicted octanol–water partition coefficient (Wildman–Crippen LogP) is 9.49. The molecule has 0 aromatic heterocycles. The lowest BCUT2D eigenvalue weighted by molar-refractivity contribution is 0.0534. The molecule has 8 heteroatoms. The Morgan fingerprint density at radius 2 is 0.981 bits per heavy atom. The van der Waals surface area contributed by atoms with Gasteiger partial charge in [-0.3, -0.25) is 29.0 Å². The van der Waals surface area contributed by atoms with E-state index in [1.54, 1.807) is 36.4 Å². The second kappa shape index (κ2) is 10.8. The van der Waals surface area contributed by atoms with Gasteiger partial charge < -0.3 is 0 Å². The highest BCUT2D eigenvalue weighted by atomic mass is 16.2. The fraction of sp³-hybridized carbons (Fsp3) is 0.136. The zero-order chi connectivity index (χ0) is 36.3. The van der Waals surface area contributed by atoms with Gasteiger partial charge in [-0.15, -0.1) is 0 Å². The van der Waals surface area contributed by atoms with Crippen LogP contribution in [-0.2, 0) is 0 Å². The van der Waals surface area contributed by atoms with Crippen molar-refractivity contribution in [2.24, 2.45) is 0 Å². The van der Waals surface area contributed by atoms with E-state index in [0.29, 0.717) is 54.2 Å². The maximum atomic E-state index is 14.3. The molecule has 0 bridgehead atoms. The van der Waals surface area contributed by atoms with Crippen molar-refractivity contribution in [3.05, 3.63) is 146 Å². The molecule has 2 unspecified atom stereocenters. The van der Waals surface area contributed by atoms with Gasteiger partial charge in [0.1, 0.15) is 0 Å². The average Bonchev–Trinajstić information content (AvgIpc) is 3.15. The van der Waals surface area contributed by atoms with E-state index in [4.69, 9.17) is 6.57 Å². The third kappa shape index (κ3) is 3.95. The zero-order valence-corrected chi connectivity index (χ0v) is 28.7.